The number of nitrogens with one attached hydrogen (secondary N) is 2. The summed E-state index contributed by atoms with van der Waals surface area (Å²) in [6.45, 7) is 1.49. The van der Waals surface area contributed by atoms with Crippen molar-refractivity contribution in [2.75, 3.05) is 12.3 Å². The van der Waals surface area contributed by atoms with Gasteiger partial charge in [-0.1, -0.05) is 68.4 Å². The number of aliphatic hydroxyl groups is 1. The van der Waals surface area contributed by atoms with E-state index in [-0.39, 0.29) is 37.9 Å². The molecule has 0 aliphatic heterocycles. The number of rotatable bonds is 25. The maximum absolute atomic E-state index is 12.6. The van der Waals surface area contributed by atoms with Gasteiger partial charge in [0.2, 0.25) is 11.8 Å². The molecule has 0 saturated heterocycles. The molecular formula is C30H47N3O9S. The van der Waals surface area contributed by atoms with Gasteiger partial charge in [-0.05, 0) is 38.5 Å². The number of carbonyl (C=O) groups excluding carboxylic acids is 2. The van der Waals surface area contributed by atoms with Crippen LogP contribution in [0.15, 0.2) is 48.6 Å². The highest BCUT2D eigenvalue weighted by Gasteiger charge is 2.25. The normalized spacial score (nSPS) is 14.7. The molecule has 43 heavy (non-hydrogen) atoms. The smallest absolute Gasteiger partial charge is 0.322 e. The van der Waals surface area contributed by atoms with E-state index in [1.54, 1.807) is 18.2 Å². The fourth-order valence-corrected chi connectivity index (χ4v) is 4.75. The third kappa shape index (κ3) is 22.8. The standard InChI is InChI=1S/C30H47N3O9S/c1-2-3-4-5-6-7-8-9-10-11-12-13-16-25(24(34)15-14-17-27(36)37)43-21-23(29(40)32-20-28(38)39)33-26(35)19-18-22(31)30(41)42/h6-7,9-13,16,22-25,34H,2-5,8,14-15,17-21,31H2,1H3,(H,32,40)(H,33,35)(H,36,37)(H,38,39)(H,41,42)/b7-6-,10-9-,12-11+,16-13+/t22-,23-,24+,25-/m1/s1. The Balaban J connectivity index is 5.38. The van der Waals surface area contributed by atoms with Crippen LogP contribution in [0.25, 0.3) is 0 Å². The summed E-state index contributed by atoms with van der Waals surface area (Å²) < 4.78 is 0. The number of carbonyl (C=O) groups is 5. The summed E-state index contributed by atoms with van der Waals surface area (Å²) in [7, 11) is 0. The minimum atomic E-state index is -1.28. The molecule has 0 spiro atoms. The van der Waals surface area contributed by atoms with Gasteiger partial charge in [-0.3, -0.25) is 24.0 Å². The number of nitrogens with two attached hydrogens (primary N) is 1. The van der Waals surface area contributed by atoms with Gasteiger partial charge in [-0.25, -0.2) is 0 Å². The predicted molar refractivity (Wildman–Crippen MR) is 166 cm³/mol. The van der Waals surface area contributed by atoms with Crippen molar-refractivity contribution < 1.29 is 44.4 Å². The van der Waals surface area contributed by atoms with Crippen molar-refractivity contribution >= 4 is 41.5 Å². The van der Waals surface area contributed by atoms with Crippen LogP contribution in [0.3, 0.4) is 0 Å². The van der Waals surface area contributed by atoms with Crippen LogP contribution in [0.4, 0.5) is 0 Å². The first-order valence-electron chi connectivity index (χ1n) is 14.4. The van der Waals surface area contributed by atoms with E-state index in [9.17, 15) is 29.1 Å². The van der Waals surface area contributed by atoms with Crippen molar-refractivity contribution in [2.45, 2.75) is 94.6 Å². The van der Waals surface area contributed by atoms with E-state index in [1.165, 1.54) is 19.3 Å². The van der Waals surface area contributed by atoms with Crippen LogP contribution < -0.4 is 16.4 Å². The lowest BCUT2D eigenvalue weighted by Gasteiger charge is -2.23. The van der Waals surface area contributed by atoms with E-state index in [0.29, 0.717) is 0 Å². The largest absolute Gasteiger partial charge is 0.481 e. The number of amides is 2. The van der Waals surface area contributed by atoms with Gasteiger partial charge < -0.3 is 36.8 Å². The third-order valence-corrected chi connectivity index (χ3v) is 7.36. The summed E-state index contributed by atoms with van der Waals surface area (Å²) in [5.74, 6) is -5.01. The minimum Gasteiger partial charge on any atom is -0.481 e. The number of carboxylic acid groups (broad SMARTS) is 3. The summed E-state index contributed by atoms with van der Waals surface area (Å²) in [5.41, 5.74) is 5.43. The number of allylic oxidation sites excluding steroid dienone is 7. The number of thioether (sulfide) groups is 1. The van der Waals surface area contributed by atoms with Crippen LogP contribution >= 0.6 is 11.8 Å². The van der Waals surface area contributed by atoms with E-state index in [2.05, 4.69) is 29.7 Å². The molecule has 0 rings (SSSR count). The lowest BCUT2D eigenvalue weighted by atomic mass is 10.1. The first-order valence-corrected chi connectivity index (χ1v) is 15.5. The number of aliphatic carboxylic acids is 3. The second-order valence-electron chi connectivity index (χ2n) is 9.77. The number of unbranched alkanes of at least 4 members (excludes halogenated alkanes) is 3. The highest BCUT2D eigenvalue weighted by molar-refractivity contribution is 8.00. The molecule has 0 aromatic carbocycles. The van der Waals surface area contributed by atoms with Crippen molar-refractivity contribution in [2.24, 2.45) is 5.73 Å². The van der Waals surface area contributed by atoms with Gasteiger partial charge in [0.25, 0.3) is 0 Å². The van der Waals surface area contributed by atoms with E-state index in [1.807, 2.05) is 18.2 Å². The minimum absolute atomic E-state index is 0.0542. The van der Waals surface area contributed by atoms with Crippen molar-refractivity contribution in [3.05, 3.63) is 48.6 Å². The Hall–Kier alpha value is -3.42. The molecule has 2 amide bonds. The van der Waals surface area contributed by atoms with Crippen molar-refractivity contribution in [3.8, 4) is 0 Å². The van der Waals surface area contributed by atoms with Gasteiger partial charge in [0, 0.05) is 23.8 Å². The summed E-state index contributed by atoms with van der Waals surface area (Å²) in [5, 5.41) is 41.6. The zero-order valence-electron chi connectivity index (χ0n) is 24.7. The SMILES string of the molecule is CCCCC/C=C\C\C=C/C=C/C=C/[C@@H](SC[C@@H](NC(=O)CC[C@@H](N)C(=O)O)C(=O)NCC(=O)O)[C@@H](O)CCCC(=O)O. The molecule has 0 aliphatic carbocycles. The summed E-state index contributed by atoms with van der Waals surface area (Å²) >= 11 is 1.13. The Bertz CT molecular complexity index is 982. The van der Waals surface area contributed by atoms with Crippen molar-refractivity contribution in [3.63, 3.8) is 0 Å². The van der Waals surface area contributed by atoms with Gasteiger partial charge in [-0.2, -0.15) is 0 Å². The molecule has 242 valence electrons. The molecule has 0 radical (unpaired) electrons. The van der Waals surface area contributed by atoms with E-state index in [4.69, 9.17) is 21.1 Å². The topological polar surface area (TPSA) is 216 Å². The molecule has 8 N–H and O–H groups in total. The van der Waals surface area contributed by atoms with Crippen LogP contribution in [-0.4, -0.2) is 85.9 Å². The number of hydrogen-bond acceptors (Lipinski definition) is 8. The van der Waals surface area contributed by atoms with Crippen LogP contribution in [0, 0.1) is 0 Å². The average Bonchev–Trinajstić information content (AvgIpc) is 2.95. The Morgan fingerprint density at radius 2 is 1.58 bits per heavy atom. The van der Waals surface area contributed by atoms with Crippen LogP contribution in [-0.2, 0) is 24.0 Å². The Morgan fingerprint density at radius 3 is 2.23 bits per heavy atom. The zero-order valence-corrected chi connectivity index (χ0v) is 25.5. The van der Waals surface area contributed by atoms with Crippen LogP contribution in [0.2, 0.25) is 0 Å². The van der Waals surface area contributed by atoms with Crippen molar-refractivity contribution in [1.29, 1.82) is 0 Å². The molecule has 0 aliphatic rings. The Kier molecular flexibility index (Phi) is 23.1. The molecule has 0 unspecified atom stereocenters. The number of carboxylic acids is 3. The molecule has 12 nitrogen and oxygen atoms in total. The lowest BCUT2D eigenvalue weighted by Crippen LogP contribution is -2.50. The fourth-order valence-electron chi connectivity index (χ4n) is 3.54. The van der Waals surface area contributed by atoms with Gasteiger partial charge in [-0.15, -0.1) is 11.8 Å². The highest BCUT2D eigenvalue weighted by atomic mass is 32.2. The number of aliphatic hydroxyl groups excluding tert-OH is 1. The first-order chi connectivity index (χ1) is 20.5. The summed E-state index contributed by atoms with van der Waals surface area (Å²) in [6.07, 6.45) is 19.5. The molecule has 0 heterocycles. The average molecular weight is 626 g/mol. The Morgan fingerprint density at radius 1 is 0.860 bits per heavy atom. The molecule has 0 aromatic heterocycles. The Labute approximate surface area is 257 Å². The fraction of sp³-hybridized carbons (Fsp3) is 0.567. The molecule has 0 bridgehead atoms. The third-order valence-electron chi connectivity index (χ3n) is 5.97. The van der Waals surface area contributed by atoms with Crippen LogP contribution in [0.5, 0.6) is 0 Å². The van der Waals surface area contributed by atoms with Crippen molar-refractivity contribution in [1.82, 2.24) is 10.6 Å². The van der Waals surface area contributed by atoms with E-state index in [0.717, 1.165) is 24.6 Å². The van der Waals surface area contributed by atoms with Gasteiger partial charge in [0.05, 0.1) is 6.10 Å². The van der Waals surface area contributed by atoms with Gasteiger partial charge in [0.15, 0.2) is 0 Å². The maximum Gasteiger partial charge on any atom is 0.322 e. The maximum atomic E-state index is 12.6. The van der Waals surface area contributed by atoms with E-state index < -0.39 is 59.7 Å². The first kappa shape index (κ1) is 39.6. The van der Waals surface area contributed by atoms with E-state index >= 15 is 0 Å². The second-order valence-corrected chi connectivity index (χ2v) is 11.0. The lowest BCUT2D eigenvalue weighted by molar-refractivity contribution is -0.139. The van der Waals surface area contributed by atoms with Gasteiger partial charge in [0.1, 0.15) is 18.6 Å². The second kappa shape index (κ2) is 25.1. The summed E-state index contributed by atoms with van der Waals surface area (Å²) in [6, 6.07) is -2.45. The molecule has 0 fully saturated rings. The quantitative estimate of drug-likeness (QED) is 0.0444. The highest BCUT2D eigenvalue weighted by Crippen LogP contribution is 2.22. The van der Waals surface area contributed by atoms with Crippen LogP contribution in [0.1, 0.15) is 71.1 Å². The summed E-state index contributed by atoms with van der Waals surface area (Å²) in [4.78, 5) is 57.8. The molecule has 0 aromatic rings. The predicted octanol–water partition coefficient (Wildman–Crippen LogP) is 2.78. The number of hydrogen-bond donors (Lipinski definition) is 7. The molecule has 13 heteroatoms. The molecule has 4 atom stereocenters. The molecular weight excluding hydrogens is 578 g/mol. The monoisotopic (exact) mass is 625 g/mol. The van der Waals surface area contributed by atoms with Gasteiger partial charge >= 0.3 is 17.9 Å². The zero-order chi connectivity index (χ0) is 32.5. The molecule has 0 saturated carbocycles.